The molecular weight excluding hydrogens is 313 g/mol. The molecule has 126 valence electrons. The van der Waals surface area contributed by atoms with E-state index in [2.05, 4.69) is 0 Å². The van der Waals surface area contributed by atoms with Crippen LogP contribution in [-0.2, 0) is 25.9 Å². The Labute approximate surface area is 130 Å². The molecule has 22 heavy (non-hydrogen) atoms. The maximum atomic E-state index is 12.7. The summed E-state index contributed by atoms with van der Waals surface area (Å²) in [7, 11) is -2.82. The SMILES string of the molecule is CCO[Si](CCc1cccc(C(F)(F)F)c1)(OCC)OCC. The van der Waals surface area contributed by atoms with Crippen LogP contribution in [0.3, 0.4) is 0 Å². The topological polar surface area (TPSA) is 27.7 Å². The van der Waals surface area contributed by atoms with E-state index in [9.17, 15) is 13.2 Å². The number of rotatable bonds is 9. The Kier molecular flexibility index (Phi) is 7.54. The number of hydrogen-bond acceptors (Lipinski definition) is 3. The predicted molar refractivity (Wildman–Crippen MR) is 80.6 cm³/mol. The van der Waals surface area contributed by atoms with Crippen molar-refractivity contribution in [3.8, 4) is 0 Å². The van der Waals surface area contributed by atoms with Crippen molar-refractivity contribution in [1.82, 2.24) is 0 Å². The van der Waals surface area contributed by atoms with E-state index in [4.69, 9.17) is 13.3 Å². The van der Waals surface area contributed by atoms with Crippen LogP contribution in [0.5, 0.6) is 0 Å². The first kappa shape index (κ1) is 19.2. The van der Waals surface area contributed by atoms with Crippen LogP contribution < -0.4 is 0 Å². The zero-order valence-electron chi connectivity index (χ0n) is 13.2. The third kappa shape index (κ3) is 5.72. The first-order valence-corrected chi connectivity index (χ1v) is 9.38. The minimum absolute atomic E-state index is 0.427. The highest BCUT2D eigenvalue weighted by molar-refractivity contribution is 6.60. The van der Waals surface area contributed by atoms with E-state index in [-0.39, 0.29) is 0 Å². The highest BCUT2D eigenvalue weighted by atomic mass is 28.4. The third-order valence-corrected chi connectivity index (χ3v) is 6.11. The molecule has 0 aromatic heterocycles. The maximum absolute atomic E-state index is 12.7. The summed E-state index contributed by atoms with van der Waals surface area (Å²) in [6.45, 7) is 6.91. The predicted octanol–water partition coefficient (Wildman–Crippen LogP) is 4.30. The fourth-order valence-corrected chi connectivity index (χ4v) is 4.80. The summed E-state index contributed by atoms with van der Waals surface area (Å²) in [4.78, 5) is 0. The van der Waals surface area contributed by atoms with Gasteiger partial charge in [-0.2, -0.15) is 13.2 Å². The Morgan fingerprint density at radius 2 is 1.50 bits per heavy atom. The lowest BCUT2D eigenvalue weighted by Crippen LogP contribution is -2.46. The number of benzene rings is 1. The van der Waals surface area contributed by atoms with Crippen LogP contribution in [-0.4, -0.2) is 28.6 Å². The zero-order chi connectivity index (χ0) is 16.6. The molecular formula is C15H23F3O3Si. The molecule has 1 rings (SSSR count). The summed E-state index contributed by atoms with van der Waals surface area (Å²) in [5.74, 6) is 0. The molecule has 0 spiro atoms. The van der Waals surface area contributed by atoms with Crippen molar-refractivity contribution in [2.24, 2.45) is 0 Å². The lowest BCUT2D eigenvalue weighted by Gasteiger charge is -2.28. The third-order valence-electron chi connectivity index (χ3n) is 3.07. The van der Waals surface area contributed by atoms with Crippen LogP contribution in [0.2, 0.25) is 6.04 Å². The molecule has 0 fully saturated rings. The second-order valence-electron chi connectivity index (χ2n) is 4.68. The second-order valence-corrected chi connectivity index (χ2v) is 7.41. The minimum Gasteiger partial charge on any atom is -0.374 e. The van der Waals surface area contributed by atoms with Gasteiger partial charge in [0.2, 0.25) is 0 Å². The molecule has 0 N–H and O–H groups in total. The molecule has 0 bridgehead atoms. The van der Waals surface area contributed by atoms with Crippen molar-refractivity contribution in [1.29, 1.82) is 0 Å². The smallest absolute Gasteiger partial charge is 0.374 e. The Bertz CT molecular complexity index is 435. The Balaban J connectivity index is 2.83. The van der Waals surface area contributed by atoms with Gasteiger partial charge in [0, 0.05) is 25.9 Å². The minimum atomic E-state index is -4.33. The van der Waals surface area contributed by atoms with E-state index in [0.29, 0.717) is 37.8 Å². The van der Waals surface area contributed by atoms with Gasteiger partial charge in [-0.05, 0) is 38.8 Å². The van der Waals surface area contributed by atoms with E-state index in [0.717, 1.165) is 6.07 Å². The zero-order valence-corrected chi connectivity index (χ0v) is 14.2. The molecule has 0 saturated heterocycles. The Morgan fingerprint density at radius 3 is 1.95 bits per heavy atom. The van der Waals surface area contributed by atoms with Crippen molar-refractivity contribution in [3.63, 3.8) is 0 Å². The van der Waals surface area contributed by atoms with Crippen LogP contribution in [0, 0.1) is 0 Å². The fourth-order valence-electron chi connectivity index (χ4n) is 2.20. The van der Waals surface area contributed by atoms with Gasteiger partial charge in [-0.1, -0.05) is 18.2 Å². The van der Waals surface area contributed by atoms with Gasteiger partial charge in [0.05, 0.1) is 5.56 Å². The summed E-state index contributed by atoms with van der Waals surface area (Å²) >= 11 is 0. The summed E-state index contributed by atoms with van der Waals surface area (Å²) in [6.07, 6.45) is -3.90. The lowest BCUT2D eigenvalue weighted by atomic mass is 10.1. The Hall–Kier alpha value is -0.893. The molecule has 0 amide bonds. The van der Waals surface area contributed by atoms with Gasteiger partial charge in [-0.25, -0.2) is 0 Å². The van der Waals surface area contributed by atoms with Crippen molar-refractivity contribution in [3.05, 3.63) is 35.4 Å². The van der Waals surface area contributed by atoms with Crippen LogP contribution in [0.4, 0.5) is 13.2 Å². The van der Waals surface area contributed by atoms with E-state index in [1.165, 1.54) is 12.1 Å². The van der Waals surface area contributed by atoms with Crippen LogP contribution in [0.15, 0.2) is 24.3 Å². The summed E-state index contributed by atoms with van der Waals surface area (Å²) in [5, 5.41) is 0. The second kappa shape index (κ2) is 8.66. The first-order valence-electron chi connectivity index (χ1n) is 7.45. The van der Waals surface area contributed by atoms with Crippen LogP contribution in [0.25, 0.3) is 0 Å². The maximum Gasteiger partial charge on any atom is 0.501 e. The monoisotopic (exact) mass is 336 g/mol. The normalized spacial score (nSPS) is 12.6. The van der Waals surface area contributed by atoms with Gasteiger partial charge >= 0.3 is 15.0 Å². The van der Waals surface area contributed by atoms with Gasteiger partial charge in [0.25, 0.3) is 0 Å². The standard InChI is InChI=1S/C15H23F3O3Si/c1-4-19-22(20-5-2,21-6-3)11-10-13-8-7-9-14(12-13)15(16,17)18/h7-9,12H,4-6,10-11H2,1-3H3. The van der Waals surface area contributed by atoms with E-state index in [1.54, 1.807) is 6.07 Å². The number of alkyl halides is 3. The average molecular weight is 336 g/mol. The molecule has 0 radical (unpaired) electrons. The lowest BCUT2D eigenvalue weighted by molar-refractivity contribution is -0.137. The first-order chi connectivity index (χ1) is 10.4. The summed E-state index contributed by atoms with van der Waals surface area (Å²) < 4.78 is 55.3. The highest BCUT2D eigenvalue weighted by Gasteiger charge is 2.40. The molecule has 0 heterocycles. The van der Waals surface area contributed by atoms with Crippen LogP contribution >= 0.6 is 0 Å². The molecule has 0 atom stereocenters. The number of hydrogen-bond donors (Lipinski definition) is 0. The van der Waals surface area contributed by atoms with Crippen molar-refractivity contribution >= 4 is 8.80 Å². The number of aryl methyl sites for hydroxylation is 1. The quantitative estimate of drug-likeness (QED) is 0.630. The van der Waals surface area contributed by atoms with Crippen molar-refractivity contribution in [2.75, 3.05) is 19.8 Å². The molecule has 7 heteroatoms. The van der Waals surface area contributed by atoms with E-state index >= 15 is 0 Å². The average Bonchev–Trinajstić information content (AvgIpc) is 2.45. The van der Waals surface area contributed by atoms with Gasteiger partial charge in [-0.15, -0.1) is 0 Å². The molecule has 0 unspecified atom stereocenters. The van der Waals surface area contributed by atoms with Gasteiger partial charge < -0.3 is 13.3 Å². The van der Waals surface area contributed by atoms with E-state index < -0.39 is 20.5 Å². The summed E-state index contributed by atoms with van der Waals surface area (Å²) in [6, 6.07) is 5.80. The van der Waals surface area contributed by atoms with Gasteiger partial charge in [0.1, 0.15) is 0 Å². The molecule has 0 saturated carbocycles. The highest BCUT2D eigenvalue weighted by Crippen LogP contribution is 2.30. The van der Waals surface area contributed by atoms with Crippen LogP contribution in [0.1, 0.15) is 31.9 Å². The van der Waals surface area contributed by atoms with Gasteiger partial charge in [0.15, 0.2) is 0 Å². The summed E-state index contributed by atoms with van der Waals surface area (Å²) in [5.41, 5.74) is -0.0349. The molecule has 0 aliphatic heterocycles. The molecule has 1 aromatic rings. The number of halogens is 3. The van der Waals surface area contributed by atoms with E-state index in [1.807, 2.05) is 20.8 Å². The van der Waals surface area contributed by atoms with Crippen molar-refractivity contribution in [2.45, 2.75) is 39.4 Å². The molecule has 1 aromatic carbocycles. The Morgan fingerprint density at radius 1 is 0.955 bits per heavy atom. The fraction of sp³-hybridized carbons (Fsp3) is 0.600. The molecule has 3 nitrogen and oxygen atoms in total. The van der Waals surface area contributed by atoms with Crippen molar-refractivity contribution < 1.29 is 26.4 Å². The largest absolute Gasteiger partial charge is 0.501 e. The molecule has 0 aliphatic rings. The molecule has 0 aliphatic carbocycles. The van der Waals surface area contributed by atoms with Gasteiger partial charge in [-0.3, -0.25) is 0 Å².